The first-order valence-corrected chi connectivity index (χ1v) is 10.8. The lowest BCUT2D eigenvalue weighted by molar-refractivity contribution is 0.107. The van der Waals surface area contributed by atoms with Crippen LogP contribution in [0.2, 0.25) is 0 Å². The summed E-state index contributed by atoms with van der Waals surface area (Å²) < 4.78 is 18.1. The van der Waals surface area contributed by atoms with Gasteiger partial charge in [0.15, 0.2) is 0 Å². The molecule has 0 amide bonds. The molecule has 0 spiro atoms. The molecule has 0 N–H and O–H groups in total. The summed E-state index contributed by atoms with van der Waals surface area (Å²) in [5.41, 5.74) is 2.91. The van der Waals surface area contributed by atoms with E-state index in [9.17, 15) is 14.4 Å². The SMILES string of the molecule is O=C(Cl)c1ccc(B2OB(c3ccc(C(=O)Cl)cc3)OB(c3ccc(C(=O)Cl)cc3)O2)cc1. The molecule has 0 bridgehead atoms. The van der Waals surface area contributed by atoms with Crippen molar-refractivity contribution in [2.45, 2.75) is 0 Å². The Labute approximate surface area is 205 Å². The molecular formula is C21H12B3Cl3O6. The molecule has 1 aliphatic rings. The second-order valence-electron chi connectivity index (χ2n) is 7.09. The molecule has 0 saturated carbocycles. The number of rotatable bonds is 6. The Balaban J connectivity index is 1.65. The fourth-order valence-electron chi connectivity index (χ4n) is 3.22. The molecule has 0 atom stereocenters. The summed E-state index contributed by atoms with van der Waals surface area (Å²) in [6, 6.07) is 19.4. The topological polar surface area (TPSA) is 78.9 Å². The molecule has 4 rings (SSSR count). The number of hydrogen-bond acceptors (Lipinski definition) is 6. The Morgan fingerprint density at radius 1 is 0.455 bits per heavy atom. The molecule has 1 saturated heterocycles. The van der Waals surface area contributed by atoms with Gasteiger partial charge >= 0.3 is 21.4 Å². The normalized spacial score (nSPS) is 13.7. The summed E-state index contributed by atoms with van der Waals surface area (Å²) in [4.78, 5) is 34.1. The van der Waals surface area contributed by atoms with Gasteiger partial charge in [-0.25, -0.2) is 0 Å². The highest BCUT2D eigenvalue weighted by Gasteiger charge is 2.43. The van der Waals surface area contributed by atoms with E-state index >= 15 is 0 Å². The van der Waals surface area contributed by atoms with E-state index in [-0.39, 0.29) is 0 Å². The first kappa shape index (κ1) is 23.8. The second-order valence-corrected chi connectivity index (χ2v) is 8.12. The van der Waals surface area contributed by atoms with E-state index < -0.39 is 37.1 Å². The van der Waals surface area contributed by atoms with Gasteiger partial charge in [-0.2, -0.15) is 0 Å². The van der Waals surface area contributed by atoms with E-state index in [1.165, 1.54) is 0 Å². The average Bonchev–Trinajstić information content (AvgIpc) is 2.84. The second kappa shape index (κ2) is 10.3. The Morgan fingerprint density at radius 3 is 0.848 bits per heavy atom. The third kappa shape index (κ3) is 5.58. The van der Waals surface area contributed by atoms with Crippen LogP contribution in [0.5, 0.6) is 0 Å². The zero-order valence-corrected chi connectivity index (χ0v) is 19.0. The number of hydrogen-bond donors (Lipinski definition) is 0. The zero-order valence-electron chi connectivity index (χ0n) is 16.7. The van der Waals surface area contributed by atoms with Crippen LogP contribution < -0.4 is 16.4 Å². The van der Waals surface area contributed by atoms with E-state index in [0.29, 0.717) is 33.1 Å². The van der Waals surface area contributed by atoms with Crippen molar-refractivity contribution in [2.75, 3.05) is 0 Å². The molecule has 0 aliphatic carbocycles. The first-order chi connectivity index (χ1) is 15.8. The van der Waals surface area contributed by atoms with Crippen molar-refractivity contribution < 1.29 is 28.1 Å². The Kier molecular flexibility index (Phi) is 7.39. The summed E-state index contributed by atoms with van der Waals surface area (Å²) in [5.74, 6) is 0. The maximum atomic E-state index is 11.4. The van der Waals surface area contributed by atoms with Gasteiger partial charge in [-0.05, 0) is 51.2 Å². The maximum absolute atomic E-state index is 11.4. The van der Waals surface area contributed by atoms with Crippen molar-refractivity contribution in [1.82, 2.24) is 0 Å². The lowest BCUT2D eigenvalue weighted by atomic mass is 9.61. The van der Waals surface area contributed by atoms with E-state index in [1.807, 2.05) is 0 Å². The molecule has 1 heterocycles. The lowest BCUT2D eigenvalue weighted by Crippen LogP contribution is -2.61. The summed E-state index contributed by atoms with van der Waals surface area (Å²) >= 11 is 16.6. The fourth-order valence-corrected chi connectivity index (χ4v) is 3.60. The highest BCUT2D eigenvalue weighted by molar-refractivity contribution is 6.87. The quantitative estimate of drug-likeness (QED) is 0.383. The summed E-state index contributed by atoms with van der Waals surface area (Å²) in [7, 11) is -2.55. The minimum absolute atomic E-state index is 0.336. The Morgan fingerprint density at radius 2 is 0.667 bits per heavy atom. The molecule has 0 aromatic heterocycles. The molecule has 162 valence electrons. The Bertz CT molecular complexity index is 1030. The molecule has 1 fully saturated rings. The molecular weight excluding hydrogens is 487 g/mol. The molecule has 1 aliphatic heterocycles. The standard InChI is InChI=1S/C21H12B3Cl3O6/c25-19(28)13-1-7-16(8-2-13)22-31-23(17-9-3-14(4-10-17)20(26)29)33-24(32-22)18-11-5-15(6-12-18)21(27)30/h1-12H. The van der Waals surface area contributed by atoms with Crippen molar-refractivity contribution in [1.29, 1.82) is 0 Å². The van der Waals surface area contributed by atoms with Crippen molar-refractivity contribution >= 4 is 88.3 Å². The molecule has 6 nitrogen and oxygen atoms in total. The van der Waals surface area contributed by atoms with Gasteiger partial charge in [0.05, 0.1) is 0 Å². The van der Waals surface area contributed by atoms with Gasteiger partial charge < -0.3 is 13.7 Å². The lowest BCUT2D eigenvalue weighted by Gasteiger charge is -2.31. The van der Waals surface area contributed by atoms with Crippen LogP contribution in [0, 0.1) is 0 Å². The highest BCUT2D eigenvalue weighted by atomic mass is 35.5. The average molecular weight is 499 g/mol. The van der Waals surface area contributed by atoms with Crippen molar-refractivity contribution in [3.63, 3.8) is 0 Å². The first-order valence-electron chi connectivity index (χ1n) is 9.67. The van der Waals surface area contributed by atoms with Gasteiger partial charge in [-0.1, -0.05) is 72.8 Å². The van der Waals surface area contributed by atoms with E-state index in [1.54, 1.807) is 72.8 Å². The van der Waals surface area contributed by atoms with Crippen LogP contribution in [-0.4, -0.2) is 37.1 Å². The van der Waals surface area contributed by atoms with Crippen LogP contribution in [0.4, 0.5) is 0 Å². The highest BCUT2D eigenvalue weighted by Crippen LogP contribution is 2.13. The van der Waals surface area contributed by atoms with Gasteiger partial charge in [0.25, 0.3) is 15.7 Å². The largest absolute Gasteiger partial charge is 0.467 e. The van der Waals surface area contributed by atoms with Gasteiger partial charge in [0, 0.05) is 16.7 Å². The summed E-state index contributed by atoms with van der Waals surface area (Å²) in [5, 5.41) is -1.73. The number of benzene rings is 3. The van der Waals surface area contributed by atoms with Crippen LogP contribution in [0.1, 0.15) is 31.1 Å². The summed E-state index contributed by atoms with van der Waals surface area (Å²) in [6.07, 6.45) is 0. The summed E-state index contributed by atoms with van der Waals surface area (Å²) in [6.45, 7) is 0. The minimum Gasteiger partial charge on any atom is -0.445 e. The van der Waals surface area contributed by atoms with Crippen LogP contribution in [0.25, 0.3) is 0 Å². The number of halogens is 3. The number of carbonyl (C=O) groups excluding carboxylic acids is 3. The van der Waals surface area contributed by atoms with E-state index in [2.05, 4.69) is 0 Å². The van der Waals surface area contributed by atoms with Crippen molar-refractivity contribution in [3.8, 4) is 0 Å². The van der Waals surface area contributed by atoms with Gasteiger partial charge in [0.1, 0.15) is 0 Å². The molecule has 0 radical (unpaired) electrons. The fraction of sp³-hybridized carbons (Fsp3) is 0. The maximum Gasteiger partial charge on any atom is 0.467 e. The molecule has 0 unspecified atom stereocenters. The van der Waals surface area contributed by atoms with E-state index in [4.69, 9.17) is 48.5 Å². The predicted octanol–water partition coefficient (Wildman–Crippen LogP) is 2.37. The molecule has 12 heteroatoms. The molecule has 3 aromatic rings. The van der Waals surface area contributed by atoms with Gasteiger partial charge in [0.2, 0.25) is 0 Å². The van der Waals surface area contributed by atoms with Crippen LogP contribution in [0.3, 0.4) is 0 Å². The van der Waals surface area contributed by atoms with Gasteiger partial charge in [-0.15, -0.1) is 0 Å². The van der Waals surface area contributed by atoms with Crippen LogP contribution in [0.15, 0.2) is 72.8 Å². The van der Waals surface area contributed by atoms with Crippen molar-refractivity contribution in [2.24, 2.45) is 0 Å². The van der Waals surface area contributed by atoms with E-state index in [0.717, 1.165) is 0 Å². The minimum atomic E-state index is -0.850. The number of carbonyl (C=O) groups is 3. The third-order valence-electron chi connectivity index (χ3n) is 4.97. The Hall–Kier alpha value is -2.39. The third-order valence-corrected chi connectivity index (χ3v) is 5.63. The van der Waals surface area contributed by atoms with Crippen LogP contribution >= 0.6 is 34.8 Å². The predicted molar refractivity (Wildman–Crippen MR) is 129 cm³/mol. The van der Waals surface area contributed by atoms with Gasteiger partial charge in [-0.3, -0.25) is 14.4 Å². The molecule has 3 aromatic carbocycles. The zero-order chi connectivity index (χ0) is 23.5. The molecule has 33 heavy (non-hydrogen) atoms. The van der Waals surface area contributed by atoms with Crippen molar-refractivity contribution in [3.05, 3.63) is 89.5 Å². The smallest absolute Gasteiger partial charge is 0.445 e. The monoisotopic (exact) mass is 498 g/mol. The van der Waals surface area contributed by atoms with Crippen LogP contribution in [-0.2, 0) is 13.7 Å².